The molecule has 27 heavy (non-hydrogen) atoms. The second-order valence-electron chi connectivity index (χ2n) is 5.95. The van der Waals surface area contributed by atoms with Crippen LogP contribution in [0.15, 0.2) is 57.2 Å². The molecule has 136 valence electrons. The van der Waals surface area contributed by atoms with Gasteiger partial charge in [0.15, 0.2) is 5.76 Å². The first kappa shape index (κ1) is 17.6. The van der Waals surface area contributed by atoms with Crippen LogP contribution in [0.25, 0.3) is 21.9 Å². The van der Waals surface area contributed by atoms with Crippen LogP contribution in [0.2, 0.25) is 5.02 Å². The molecule has 3 heterocycles. The van der Waals surface area contributed by atoms with Gasteiger partial charge in [0.05, 0.1) is 22.7 Å². The number of hydrogen-bond acceptors (Lipinski definition) is 5. The molecule has 0 radical (unpaired) electrons. The van der Waals surface area contributed by atoms with Crippen LogP contribution in [-0.4, -0.2) is 14.9 Å². The van der Waals surface area contributed by atoms with Crippen LogP contribution in [0.5, 0.6) is 0 Å². The van der Waals surface area contributed by atoms with E-state index >= 15 is 0 Å². The molecule has 0 saturated carbocycles. The van der Waals surface area contributed by atoms with Crippen LogP contribution in [0.3, 0.4) is 0 Å². The molecule has 1 aromatic carbocycles. The predicted octanol–water partition coefficient (Wildman–Crippen LogP) is 4.78. The second-order valence-corrected chi connectivity index (χ2v) is 7.30. The maximum atomic E-state index is 13.3. The molecule has 4 rings (SSSR count). The smallest absolute Gasteiger partial charge is 0.267 e. The van der Waals surface area contributed by atoms with Crippen molar-refractivity contribution in [3.8, 4) is 21.9 Å². The molecule has 0 spiro atoms. The van der Waals surface area contributed by atoms with Crippen LogP contribution in [0.4, 0.5) is 4.39 Å². The molecular formula is C19H13ClFN3O2S. The van der Waals surface area contributed by atoms with Gasteiger partial charge in [0, 0.05) is 17.2 Å². The highest BCUT2D eigenvalue weighted by Gasteiger charge is 2.17. The van der Waals surface area contributed by atoms with Gasteiger partial charge in [-0.25, -0.2) is 9.07 Å². The van der Waals surface area contributed by atoms with E-state index < -0.39 is 5.82 Å². The van der Waals surface area contributed by atoms with Crippen LogP contribution in [0, 0.1) is 12.7 Å². The Kier molecular flexibility index (Phi) is 4.63. The van der Waals surface area contributed by atoms with E-state index in [0.717, 1.165) is 4.88 Å². The summed E-state index contributed by atoms with van der Waals surface area (Å²) in [4.78, 5) is 13.5. The number of aryl methyl sites for hydroxylation is 1. The summed E-state index contributed by atoms with van der Waals surface area (Å²) in [6.07, 6.45) is 0. The van der Waals surface area contributed by atoms with E-state index in [1.54, 1.807) is 12.1 Å². The van der Waals surface area contributed by atoms with Gasteiger partial charge in [0.25, 0.3) is 5.56 Å². The second kappa shape index (κ2) is 7.09. The lowest BCUT2D eigenvalue weighted by molar-refractivity contribution is 0.426. The minimum Gasteiger partial charge on any atom is -0.356 e. The Balaban J connectivity index is 1.84. The number of aromatic nitrogens is 3. The van der Waals surface area contributed by atoms with E-state index in [1.807, 2.05) is 24.4 Å². The average Bonchev–Trinajstić information content (AvgIpc) is 3.30. The molecule has 5 nitrogen and oxygen atoms in total. The Labute approximate surface area is 162 Å². The number of rotatable bonds is 4. The van der Waals surface area contributed by atoms with Crippen molar-refractivity contribution in [1.82, 2.24) is 14.9 Å². The summed E-state index contributed by atoms with van der Waals surface area (Å²) in [5.41, 5.74) is 2.18. The highest BCUT2D eigenvalue weighted by atomic mass is 35.5. The Morgan fingerprint density at radius 3 is 2.78 bits per heavy atom. The monoisotopic (exact) mass is 401 g/mol. The van der Waals surface area contributed by atoms with Crippen molar-refractivity contribution < 1.29 is 8.91 Å². The molecule has 0 aliphatic carbocycles. The molecule has 0 aliphatic heterocycles. The molecule has 0 bridgehead atoms. The molecule has 0 atom stereocenters. The largest absolute Gasteiger partial charge is 0.356 e. The van der Waals surface area contributed by atoms with Crippen molar-refractivity contribution in [3.05, 3.63) is 80.3 Å². The summed E-state index contributed by atoms with van der Waals surface area (Å²) in [5.74, 6) is 0.0480. The summed E-state index contributed by atoms with van der Waals surface area (Å²) in [5, 5.41) is 10.6. The van der Waals surface area contributed by atoms with E-state index in [1.165, 1.54) is 34.2 Å². The van der Waals surface area contributed by atoms with Crippen molar-refractivity contribution in [3.63, 3.8) is 0 Å². The molecule has 4 aromatic rings. The lowest BCUT2D eigenvalue weighted by Gasteiger charge is -2.11. The average molecular weight is 402 g/mol. The third-order valence-corrected chi connectivity index (χ3v) is 5.21. The third kappa shape index (κ3) is 3.56. The van der Waals surface area contributed by atoms with E-state index in [9.17, 15) is 9.18 Å². The van der Waals surface area contributed by atoms with Gasteiger partial charge in [0.2, 0.25) is 0 Å². The van der Waals surface area contributed by atoms with Gasteiger partial charge in [-0.3, -0.25) is 4.79 Å². The van der Waals surface area contributed by atoms with Crippen LogP contribution in [0.1, 0.15) is 11.3 Å². The molecule has 8 heteroatoms. The van der Waals surface area contributed by atoms with Crippen molar-refractivity contribution >= 4 is 22.9 Å². The van der Waals surface area contributed by atoms with Crippen LogP contribution >= 0.6 is 22.9 Å². The van der Waals surface area contributed by atoms with E-state index in [2.05, 4.69) is 10.3 Å². The zero-order valence-electron chi connectivity index (χ0n) is 14.1. The van der Waals surface area contributed by atoms with Gasteiger partial charge in [0.1, 0.15) is 11.5 Å². The molecule has 0 fully saturated rings. The normalized spacial score (nSPS) is 11.1. The highest BCUT2D eigenvalue weighted by molar-refractivity contribution is 7.13. The van der Waals surface area contributed by atoms with Crippen LogP contribution in [-0.2, 0) is 6.54 Å². The molecule has 0 saturated heterocycles. The summed E-state index contributed by atoms with van der Waals surface area (Å²) in [7, 11) is 0. The molecule has 0 N–H and O–H groups in total. The van der Waals surface area contributed by atoms with Gasteiger partial charge >= 0.3 is 0 Å². The van der Waals surface area contributed by atoms with Gasteiger partial charge in [-0.15, -0.1) is 11.3 Å². The molecule has 0 unspecified atom stereocenters. The quantitative estimate of drug-likeness (QED) is 0.494. The van der Waals surface area contributed by atoms with Crippen molar-refractivity contribution in [2.24, 2.45) is 0 Å². The summed E-state index contributed by atoms with van der Waals surface area (Å²) in [6, 6.07) is 11.1. The fourth-order valence-electron chi connectivity index (χ4n) is 2.69. The first-order valence-corrected chi connectivity index (χ1v) is 9.30. The fraction of sp³-hybridized carbons (Fsp3) is 0.105. The molecule has 0 aliphatic rings. The minimum absolute atomic E-state index is 0.131. The lowest BCUT2D eigenvalue weighted by atomic mass is 10.1. The summed E-state index contributed by atoms with van der Waals surface area (Å²) >= 11 is 7.60. The molecular weight excluding hydrogens is 389 g/mol. The number of nitrogens with zero attached hydrogens (tertiary/aromatic N) is 3. The first-order chi connectivity index (χ1) is 13.0. The van der Waals surface area contributed by atoms with Gasteiger partial charge < -0.3 is 4.52 Å². The fourth-order valence-corrected chi connectivity index (χ4v) is 3.64. The number of halogens is 2. The molecule has 0 amide bonds. The van der Waals surface area contributed by atoms with Crippen molar-refractivity contribution in [2.75, 3.05) is 0 Å². The number of benzene rings is 1. The Bertz CT molecular complexity index is 1170. The maximum Gasteiger partial charge on any atom is 0.267 e. The zero-order valence-corrected chi connectivity index (χ0v) is 15.7. The number of hydrogen-bond donors (Lipinski definition) is 0. The van der Waals surface area contributed by atoms with Gasteiger partial charge in [-0.2, -0.15) is 5.10 Å². The number of thiophene rings is 1. The third-order valence-electron chi connectivity index (χ3n) is 3.98. The Morgan fingerprint density at radius 2 is 2.11 bits per heavy atom. The highest BCUT2D eigenvalue weighted by Crippen LogP contribution is 2.32. The van der Waals surface area contributed by atoms with Crippen molar-refractivity contribution in [2.45, 2.75) is 13.5 Å². The SMILES string of the molecule is Cc1cc(-c2cc(=O)n(Cc3ccc(F)cc3Cl)nc2-c2cccs2)on1. The maximum absolute atomic E-state index is 13.3. The lowest BCUT2D eigenvalue weighted by Crippen LogP contribution is -2.24. The zero-order chi connectivity index (χ0) is 19.0. The summed E-state index contributed by atoms with van der Waals surface area (Å²) in [6.45, 7) is 1.94. The topological polar surface area (TPSA) is 60.9 Å². The van der Waals surface area contributed by atoms with Crippen LogP contribution < -0.4 is 5.56 Å². The van der Waals surface area contributed by atoms with Gasteiger partial charge in [-0.05, 0) is 36.1 Å². The Morgan fingerprint density at radius 1 is 1.26 bits per heavy atom. The molecule has 3 aromatic heterocycles. The van der Waals surface area contributed by atoms with Crippen molar-refractivity contribution in [1.29, 1.82) is 0 Å². The standard InChI is InChI=1S/C19H13ClFN3O2S/c1-11-7-16(26-23-11)14-9-18(25)24(22-19(14)17-3-2-6-27-17)10-12-4-5-13(21)8-15(12)20/h2-9H,10H2,1H3. The van der Waals surface area contributed by atoms with Gasteiger partial charge in [-0.1, -0.05) is 28.9 Å². The summed E-state index contributed by atoms with van der Waals surface area (Å²) < 4.78 is 19.9. The van der Waals surface area contributed by atoms with E-state index in [0.29, 0.717) is 28.3 Å². The Hall–Kier alpha value is -2.77. The van der Waals surface area contributed by atoms with E-state index in [-0.39, 0.29) is 17.1 Å². The van der Waals surface area contributed by atoms with E-state index in [4.69, 9.17) is 16.1 Å². The predicted molar refractivity (Wildman–Crippen MR) is 103 cm³/mol. The minimum atomic E-state index is -0.431. The first-order valence-electron chi connectivity index (χ1n) is 8.05.